The van der Waals surface area contributed by atoms with Gasteiger partial charge in [0.1, 0.15) is 0 Å². The van der Waals surface area contributed by atoms with Crippen molar-refractivity contribution in [2.45, 2.75) is 38.6 Å². The summed E-state index contributed by atoms with van der Waals surface area (Å²) in [6.45, 7) is 3.41. The van der Waals surface area contributed by atoms with Crippen molar-refractivity contribution in [1.29, 1.82) is 0 Å². The number of aryl methyl sites for hydroxylation is 1. The van der Waals surface area contributed by atoms with Crippen LogP contribution in [0.2, 0.25) is 0 Å². The van der Waals surface area contributed by atoms with Gasteiger partial charge in [0.15, 0.2) is 0 Å². The van der Waals surface area contributed by atoms with Crippen LogP contribution in [0.15, 0.2) is 18.2 Å². The summed E-state index contributed by atoms with van der Waals surface area (Å²) in [4.78, 5) is 13.5. The number of fused-ring (bicyclic) bond motifs is 1. The maximum atomic E-state index is 11.7. The minimum absolute atomic E-state index is 0.227. The fourth-order valence-electron chi connectivity index (χ4n) is 3.18. The van der Waals surface area contributed by atoms with E-state index in [9.17, 15) is 4.79 Å². The summed E-state index contributed by atoms with van der Waals surface area (Å²) in [6.07, 6.45) is 4.04. The predicted octanol–water partition coefficient (Wildman–Crippen LogP) is 2.66. The van der Waals surface area contributed by atoms with Gasteiger partial charge in [0, 0.05) is 25.2 Å². The third kappa shape index (κ3) is 2.39. The predicted molar refractivity (Wildman–Crippen MR) is 77.3 cm³/mol. The van der Waals surface area contributed by atoms with Gasteiger partial charge in [0.25, 0.3) is 0 Å². The first kappa shape index (κ1) is 12.7. The molecule has 0 bridgehead atoms. The lowest BCUT2D eigenvalue weighted by molar-refractivity contribution is -0.118. The van der Waals surface area contributed by atoms with E-state index in [2.05, 4.69) is 30.4 Å². The molecule has 2 atom stereocenters. The Bertz CT molecular complexity index is 490. The Morgan fingerprint density at radius 3 is 2.84 bits per heavy atom. The van der Waals surface area contributed by atoms with Crippen LogP contribution in [0, 0.1) is 5.92 Å². The van der Waals surface area contributed by atoms with Crippen molar-refractivity contribution in [2.75, 3.05) is 18.5 Å². The Kier molecular flexibility index (Phi) is 3.31. The lowest BCUT2D eigenvalue weighted by atomic mass is 9.90. The number of hydrogen-bond acceptors (Lipinski definition) is 2. The molecule has 1 aromatic carbocycles. The highest BCUT2D eigenvalue weighted by atomic mass is 16.2. The van der Waals surface area contributed by atoms with Crippen LogP contribution in [0.25, 0.3) is 0 Å². The molecule has 19 heavy (non-hydrogen) atoms. The van der Waals surface area contributed by atoms with E-state index in [1.165, 1.54) is 24.0 Å². The van der Waals surface area contributed by atoms with E-state index in [4.69, 9.17) is 0 Å². The first-order valence-corrected chi connectivity index (χ1v) is 7.28. The molecule has 1 amide bonds. The number of amides is 1. The second-order valence-electron chi connectivity index (χ2n) is 5.98. The van der Waals surface area contributed by atoms with Gasteiger partial charge in [-0.05, 0) is 48.9 Å². The number of hydrogen-bond donors (Lipinski definition) is 1. The Balaban J connectivity index is 1.84. The zero-order chi connectivity index (χ0) is 13.4. The number of nitrogens with one attached hydrogen (secondary N) is 1. The molecule has 2 unspecified atom stereocenters. The number of benzene rings is 1. The van der Waals surface area contributed by atoms with Gasteiger partial charge >= 0.3 is 0 Å². The van der Waals surface area contributed by atoms with E-state index in [1.807, 2.05) is 7.05 Å². The van der Waals surface area contributed by atoms with Gasteiger partial charge in [-0.3, -0.25) is 4.79 Å². The van der Waals surface area contributed by atoms with Gasteiger partial charge in [-0.2, -0.15) is 0 Å². The van der Waals surface area contributed by atoms with Crippen molar-refractivity contribution in [3.8, 4) is 0 Å². The summed E-state index contributed by atoms with van der Waals surface area (Å²) in [5.74, 6) is 1.02. The van der Waals surface area contributed by atoms with Gasteiger partial charge < -0.3 is 10.2 Å². The molecule has 0 spiro atoms. The number of anilines is 1. The molecular formula is C16H22N2O. The van der Waals surface area contributed by atoms with Crippen molar-refractivity contribution in [1.82, 2.24) is 5.32 Å². The van der Waals surface area contributed by atoms with Crippen LogP contribution in [0.5, 0.6) is 0 Å². The van der Waals surface area contributed by atoms with Crippen LogP contribution in [-0.2, 0) is 11.2 Å². The van der Waals surface area contributed by atoms with Gasteiger partial charge in [-0.15, -0.1) is 0 Å². The molecule has 2 aliphatic heterocycles. The fourth-order valence-corrected chi connectivity index (χ4v) is 3.18. The van der Waals surface area contributed by atoms with E-state index in [0.29, 0.717) is 12.5 Å². The summed E-state index contributed by atoms with van der Waals surface area (Å²) in [6, 6.07) is 7.08. The monoisotopic (exact) mass is 258 g/mol. The second-order valence-corrected chi connectivity index (χ2v) is 5.98. The smallest absolute Gasteiger partial charge is 0.227 e. The van der Waals surface area contributed by atoms with Crippen molar-refractivity contribution in [3.63, 3.8) is 0 Å². The Hall–Kier alpha value is -1.35. The number of nitrogens with zero attached hydrogens (tertiary/aromatic N) is 1. The van der Waals surface area contributed by atoms with Crippen LogP contribution in [0.1, 0.15) is 43.4 Å². The molecule has 0 aliphatic carbocycles. The van der Waals surface area contributed by atoms with Crippen molar-refractivity contribution in [2.24, 2.45) is 5.92 Å². The van der Waals surface area contributed by atoms with E-state index in [-0.39, 0.29) is 5.91 Å². The van der Waals surface area contributed by atoms with Crippen LogP contribution in [0.4, 0.5) is 5.69 Å². The van der Waals surface area contributed by atoms with Gasteiger partial charge in [-0.1, -0.05) is 19.1 Å². The lowest BCUT2D eigenvalue weighted by Gasteiger charge is -2.30. The first-order chi connectivity index (χ1) is 9.15. The maximum Gasteiger partial charge on any atom is 0.227 e. The molecule has 2 heterocycles. The fraction of sp³-hybridized carbons (Fsp3) is 0.562. The maximum absolute atomic E-state index is 11.7. The quantitative estimate of drug-likeness (QED) is 0.840. The van der Waals surface area contributed by atoms with Crippen LogP contribution >= 0.6 is 0 Å². The van der Waals surface area contributed by atoms with E-state index >= 15 is 0 Å². The van der Waals surface area contributed by atoms with E-state index < -0.39 is 0 Å². The van der Waals surface area contributed by atoms with Crippen molar-refractivity contribution >= 4 is 11.6 Å². The molecule has 102 valence electrons. The number of carbonyl (C=O) groups is 1. The van der Waals surface area contributed by atoms with Gasteiger partial charge in [0.2, 0.25) is 5.91 Å². The zero-order valence-corrected chi connectivity index (χ0v) is 11.8. The zero-order valence-electron chi connectivity index (χ0n) is 11.8. The molecule has 1 N–H and O–H groups in total. The summed E-state index contributed by atoms with van der Waals surface area (Å²) < 4.78 is 0. The topological polar surface area (TPSA) is 32.3 Å². The van der Waals surface area contributed by atoms with Crippen LogP contribution in [-0.4, -0.2) is 19.5 Å². The second kappa shape index (κ2) is 4.97. The summed E-state index contributed by atoms with van der Waals surface area (Å²) in [5.41, 5.74) is 3.79. The highest BCUT2D eigenvalue weighted by Crippen LogP contribution is 2.32. The normalized spacial score (nSPS) is 27.3. The third-order valence-corrected chi connectivity index (χ3v) is 4.51. The number of piperidine rings is 1. The molecule has 0 aromatic heterocycles. The average Bonchev–Trinajstić information content (AvgIpc) is 2.43. The summed E-state index contributed by atoms with van der Waals surface area (Å²) in [5, 5.41) is 3.63. The SMILES string of the molecule is CC1CCC(c2ccc3c(c2)CCC(=O)N3C)NC1. The highest BCUT2D eigenvalue weighted by molar-refractivity contribution is 5.95. The minimum Gasteiger partial charge on any atom is -0.315 e. The van der Waals surface area contributed by atoms with E-state index in [0.717, 1.165) is 24.6 Å². The molecule has 0 saturated carbocycles. The van der Waals surface area contributed by atoms with E-state index in [1.54, 1.807) is 4.90 Å². The number of carbonyl (C=O) groups excluding carboxylic acids is 1. The third-order valence-electron chi connectivity index (χ3n) is 4.51. The molecule has 1 fully saturated rings. The lowest BCUT2D eigenvalue weighted by Crippen LogP contribution is -2.33. The molecule has 1 saturated heterocycles. The van der Waals surface area contributed by atoms with Gasteiger partial charge in [0.05, 0.1) is 0 Å². The van der Waals surface area contributed by atoms with Crippen molar-refractivity contribution < 1.29 is 4.79 Å². The molecular weight excluding hydrogens is 236 g/mol. The summed E-state index contributed by atoms with van der Waals surface area (Å²) >= 11 is 0. The number of rotatable bonds is 1. The Labute approximate surface area is 115 Å². The van der Waals surface area contributed by atoms with Gasteiger partial charge in [-0.25, -0.2) is 0 Å². The largest absolute Gasteiger partial charge is 0.315 e. The Morgan fingerprint density at radius 2 is 2.11 bits per heavy atom. The summed E-state index contributed by atoms with van der Waals surface area (Å²) in [7, 11) is 1.88. The first-order valence-electron chi connectivity index (χ1n) is 7.28. The standard InChI is InChI=1S/C16H22N2O/c1-11-3-6-14(17-10-11)12-4-7-15-13(9-12)5-8-16(19)18(15)2/h4,7,9,11,14,17H,3,5-6,8,10H2,1-2H3. The molecule has 3 heteroatoms. The molecule has 3 nitrogen and oxygen atoms in total. The molecule has 2 aliphatic rings. The van der Waals surface area contributed by atoms with Crippen molar-refractivity contribution in [3.05, 3.63) is 29.3 Å². The minimum atomic E-state index is 0.227. The highest BCUT2D eigenvalue weighted by Gasteiger charge is 2.23. The van der Waals surface area contributed by atoms with Crippen LogP contribution < -0.4 is 10.2 Å². The molecule has 1 aromatic rings. The molecule has 0 radical (unpaired) electrons. The van der Waals surface area contributed by atoms with Crippen LogP contribution in [0.3, 0.4) is 0 Å². The molecule has 3 rings (SSSR count). The Morgan fingerprint density at radius 1 is 1.26 bits per heavy atom. The average molecular weight is 258 g/mol.